The summed E-state index contributed by atoms with van der Waals surface area (Å²) in [7, 11) is 1.69. The second kappa shape index (κ2) is 6.08. The van der Waals surface area contributed by atoms with Crippen LogP contribution in [0, 0.1) is 11.6 Å². The maximum atomic E-state index is 13.7. The molecule has 0 saturated carbocycles. The summed E-state index contributed by atoms with van der Waals surface area (Å²) in [6.07, 6.45) is 1.81. The van der Waals surface area contributed by atoms with E-state index in [0.717, 1.165) is 0 Å². The first kappa shape index (κ1) is 13.9. The fourth-order valence-electron chi connectivity index (χ4n) is 1.90. The minimum atomic E-state index is -0.406. The van der Waals surface area contributed by atoms with Gasteiger partial charge in [-0.25, -0.2) is 8.78 Å². The maximum Gasteiger partial charge on any atom is 0.146 e. The molecule has 0 radical (unpaired) electrons. The molecule has 1 unspecified atom stereocenters. The molecule has 2 aromatic rings. The molecule has 0 aliphatic rings. The zero-order valence-corrected chi connectivity index (χ0v) is 11.1. The molecule has 0 saturated heterocycles. The third-order valence-electron chi connectivity index (χ3n) is 2.90. The Morgan fingerprint density at radius 3 is 2.68 bits per heavy atom. The molecule has 5 heteroatoms. The lowest BCUT2D eigenvalue weighted by Crippen LogP contribution is -2.21. The molecule has 1 heterocycles. The molecule has 1 atom stereocenters. The molecule has 1 N–H and O–H groups in total. The number of hydrogen-bond acceptors (Lipinski definition) is 2. The Morgan fingerprint density at radius 1 is 1.26 bits per heavy atom. The van der Waals surface area contributed by atoms with E-state index in [0.29, 0.717) is 17.0 Å². The van der Waals surface area contributed by atoms with E-state index >= 15 is 0 Å². The molecule has 0 aliphatic carbocycles. The third kappa shape index (κ3) is 3.28. The van der Waals surface area contributed by atoms with Crippen molar-refractivity contribution >= 4 is 11.6 Å². The van der Waals surface area contributed by atoms with Crippen LogP contribution in [0.4, 0.5) is 8.78 Å². The van der Waals surface area contributed by atoms with Crippen molar-refractivity contribution in [1.82, 2.24) is 10.3 Å². The standard InChI is InChI=1S/C14H13ClF2N2/c1-18-13(14-11(16)3-2-6-19-14)7-9-4-5-10(15)8-12(9)17/h2-6,8,13,18H,7H2,1H3. The number of aromatic nitrogens is 1. The van der Waals surface area contributed by atoms with E-state index in [2.05, 4.69) is 10.3 Å². The van der Waals surface area contributed by atoms with Crippen molar-refractivity contribution in [3.05, 3.63) is 64.4 Å². The van der Waals surface area contributed by atoms with Gasteiger partial charge in [0.2, 0.25) is 0 Å². The Bertz CT molecular complexity index is 575. The Hall–Kier alpha value is -1.52. The lowest BCUT2D eigenvalue weighted by atomic mass is 10.0. The number of nitrogens with one attached hydrogen (secondary N) is 1. The smallest absolute Gasteiger partial charge is 0.146 e. The number of likely N-dealkylation sites (N-methyl/N-ethyl adjacent to an activating group) is 1. The third-order valence-corrected chi connectivity index (χ3v) is 3.14. The molecule has 2 rings (SSSR count). The van der Waals surface area contributed by atoms with Gasteiger partial charge in [-0.3, -0.25) is 4.98 Å². The van der Waals surface area contributed by atoms with E-state index in [-0.39, 0.29) is 5.69 Å². The number of halogens is 3. The summed E-state index contributed by atoms with van der Waals surface area (Å²) in [5, 5.41) is 3.29. The van der Waals surface area contributed by atoms with Gasteiger partial charge in [0.25, 0.3) is 0 Å². The van der Waals surface area contributed by atoms with Gasteiger partial charge in [0.15, 0.2) is 0 Å². The van der Waals surface area contributed by atoms with Crippen molar-refractivity contribution in [2.24, 2.45) is 0 Å². The SMILES string of the molecule is CNC(Cc1ccc(Cl)cc1F)c1ncccc1F. The van der Waals surface area contributed by atoms with E-state index in [1.807, 2.05) is 0 Å². The minimum absolute atomic E-state index is 0.277. The Balaban J connectivity index is 2.27. The van der Waals surface area contributed by atoms with Crippen molar-refractivity contribution in [3.8, 4) is 0 Å². The first-order chi connectivity index (χ1) is 9.11. The van der Waals surface area contributed by atoms with Gasteiger partial charge in [-0.15, -0.1) is 0 Å². The van der Waals surface area contributed by atoms with E-state index < -0.39 is 17.7 Å². The predicted molar refractivity (Wildman–Crippen MR) is 71.1 cm³/mol. The van der Waals surface area contributed by atoms with E-state index in [9.17, 15) is 8.78 Å². The molecule has 2 nitrogen and oxygen atoms in total. The van der Waals surface area contributed by atoms with Crippen molar-refractivity contribution in [1.29, 1.82) is 0 Å². The van der Waals surface area contributed by atoms with E-state index in [4.69, 9.17) is 11.6 Å². The van der Waals surface area contributed by atoms with Gasteiger partial charge in [0, 0.05) is 11.2 Å². The van der Waals surface area contributed by atoms with Crippen LogP contribution in [0.5, 0.6) is 0 Å². The highest BCUT2D eigenvalue weighted by Gasteiger charge is 2.17. The van der Waals surface area contributed by atoms with Crippen LogP contribution in [0.2, 0.25) is 5.02 Å². The minimum Gasteiger partial charge on any atom is -0.311 e. The van der Waals surface area contributed by atoms with Crippen molar-refractivity contribution < 1.29 is 8.78 Å². The second-order valence-corrected chi connectivity index (χ2v) is 4.59. The van der Waals surface area contributed by atoms with Crippen LogP contribution >= 0.6 is 11.6 Å². The summed E-state index contributed by atoms with van der Waals surface area (Å²) in [6, 6.07) is 6.93. The molecule has 19 heavy (non-hydrogen) atoms. The first-order valence-corrected chi connectivity index (χ1v) is 6.21. The molecule has 100 valence electrons. The van der Waals surface area contributed by atoms with Crippen LogP contribution in [-0.2, 0) is 6.42 Å². The molecular formula is C14H13ClF2N2. The van der Waals surface area contributed by atoms with Crippen LogP contribution < -0.4 is 5.32 Å². The van der Waals surface area contributed by atoms with E-state index in [1.54, 1.807) is 19.2 Å². The number of pyridine rings is 1. The summed E-state index contributed by atoms with van der Waals surface area (Å²) in [4.78, 5) is 4.01. The van der Waals surface area contributed by atoms with Crippen molar-refractivity contribution in [2.75, 3.05) is 7.05 Å². The van der Waals surface area contributed by atoms with Gasteiger partial charge in [-0.1, -0.05) is 17.7 Å². The highest BCUT2D eigenvalue weighted by Crippen LogP contribution is 2.22. The van der Waals surface area contributed by atoms with Crippen LogP contribution in [0.3, 0.4) is 0 Å². The van der Waals surface area contributed by atoms with Gasteiger partial charge < -0.3 is 5.32 Å². The highest BCUT2D eigenvalue weighted by molar-refractivity contribution is 6.30. The monoisotopic (exact) mass is 282 g/mol. The van der Waals surface area contributed by atoms with Crippen LogP contribution in [-0.4, -0.2) is 12.0 Å². The lowest BCUT2D eigenvalue weighted by molar-refractivity contribution is 0.505. The number of rotatable bonds is 4. The summed E-state index contributed by atoms with van der Waals surface area (Å²) in [6.45, 7) is 0. The topological polar surface area (TPSA) is 24.9 Å². The molecule has 0 aliphatic heterocycles. The lowest BCUT2D eigenvalue weighted by Gasteiger charge is -2.16. The maximum absolute atomic E-state index is 13.7. The summed E-state index contributed by atoms with van der Waals surface area (Å²) in [5.41, 5.74) is 0.744. The van der Waals surface area contributed by atoms with Gasteiger partial charge in [-0.05, 0) is 43.3 Å². The molecule has 0 bridgehead atoms. The molecule has 0 spiro atoms. The Labute approximate surface area is 115 Å². The number of hydrogen-bond donors (Lipinski definition) is 1. The average Bonchev–Trinajstić information content (AvgIpc) is 2.39. The van der Waals surface area contributed by atoms with Gasteiger partial charge in [0.1, 0.15) is 11.6 Å². The number of benzene rings is 1. The molecule has 0 amide bonds. The Kier molecular flexibility index (Phi) is 4.45. The normalized spacial score (nSPS) is 12.4. The van der Waals surface area contributed by atoms with Crippen molar-refractivity contribution in [2.45, 2.75) is 12.5 Å². The van der Waals surface area contributed by atoms with E-state index in [1.165, 1.54) is 24.4 Å². The second-order valence-electron chi connectivity index (χ2n) is 4.15. The molecule has 1 aromatic carbocycles. The molecule has 0 fully saturated rings. The first-order valence-electron chi connectivity index (χ1n) is 5.83. The van der Waals surface area contributed by atoms with Gasteiger partial charge in [0.05, 0.1) is 11.7 Å². The summed E-state index contributed by atoms with van der Waals surface area (Å²) >= 11 is 5.70. The fraction of sp³-hybridized carbons (Fsp3) is 0.214. The summed E-state index contributed by atoms with van der Waals surface area (Å²) < 4.78 is 27.4. The fourth-order valence-corrected chi connectivity index (χ4v) is 2.06. The molecule has 1 aromatic heterocycles. The van der Waals surface area contributed by atoms with Crippen LogP contribution in [0.15, 0.2) is 36.5 Å². The zero-order valence-electron chi connectivity index (χ0n) is 10.3. The quantitative estimate of drug-likeness (QED) is 0.928. The Morgan fingerprint density at radius 2 is 2.05 bits per heavy atom. The van der Waals surface area contributed by atoms with Crippen molar-refractivity contribution in [3.63, 3.8) is 0 Å². The van der Waals surface area contributed by atoms with Gasteiger partial charge in [-0.2, -0.15) is 0 Å². The summed E-state index contributed by atoms with van der Waals surface area (Å²) in [5.74, 6) is -0.805. The highest BCUT2D eigenvalue weighted by atomic mass is 35.5. The van der Waals surface area contributed by atoms with Gasteiger partial charge >= 0.3 is 0 Å². The van der Waals surface area contributed by atoms with Crippen LogP contribution in [0.25, 0.3) is 0 Å². The number of nitrogens with zero attached hydrogens (tertiary/aromatic N) is 1. The zero-order chi connectivity index (χ0) is 13.8. The molecular weight excluding hydrogens is 270 g/mol. The average molecular weight is 283 g/mol. The predicted octanol–water partition coefficient (Wildman–Crippen LogP) is 3.52. The largest absolute Gasteiger partial charge is 0.311 e. The van der Waals surface area contributed by atoms with Crippen LogP contribution in [0.1, 0.15) is 17.3 Å².